The molecule has 0 saturated heterocycles. The topological polar surface area (TPSA) is 126 Å². The predicted molar refractivity (Wildman–Crippen MR) is 145 cm³/mol. The van der Waals surface area contributed by atoms with Crippen LogP contribution in [-0.2, 0) is 16.6 Å². The van der Waals surface area contributed by atoms with Gasteiger partial charge in [-0.05, 0) is 48.7 Å². The van der Waals surface area contributed by atoms with Gasteiger partial charge in [0.2, 0.25) is 10.0 Å². The van der Waals surface area contributed by atoms with Crippen molar-refractivity contribution in [3.8, 4) is 16.9 Å². The van der Waals surface area contributed by atoms with Gasteiger partial charge in [0.1, 0.15) is 11.6 Å². The molecule has 0 aliphatic heterocycles. The van der Waals surface area contributed by atoms with Crippen LogP contribution in [0.3, 0.4) is 0 Å². The van der Waals surface area contributed by atoms with Gasteiger partial charge < -0.3 is 15.0 Å². The van der Waals surface area contributed by atoms with Gasteiger partial charge >= 0.3 is 6.09 Å². The fraction of sp³-hybridized carbons (Fsp3) is 0.192. The molecule has 0 atom stereocenters. The van der Waals surface area contributed by atoms with Crippen molar-refractivity contribution in [3.05, 3.63) is 83.9 Å². The first-order valence-corrected chi connectivity index (χ1v) is 13.2. The van der Waals surface area contributed by atoms with Crippen molar-refractivity contribution >= 4 is 39.2 Å². The molecule has 4 N–H and O–H groups in total. The highest BCUT2D eigenvalue weighted by atomic mass is 32.2. The number of amides is 1. The Morgan fingerprint density at radius 1 is 1.06 bits per heavy atom. The summed E-state index contributed by atoms with van der Waals surface area (Å²) in [5, 5.41) is 16.4. The van der Waals surface area contributed by atoms with Crippen LogP contribution in [0.2, 0.25) is 0 Å². The maximum absolute atomic E-state index is 12.8. The molecule has 0 heterocycles. The number of benzene rings is 3. The number of sulfonamides is 1. The Labute approximate surface area is 216 Å². The SMILES string of the molecule is CCC(=S)NC(=N)c1cccc(CN(CC)C(=O)Oc2ccc(-c3ccccc3S(N)(=O)=O)cc2)c1. The largest absolute Gasteiger partial charge is 0.415 e. The number of nitrogens with zero attached hydrogens (tertiary/aromatic N) is 1. The number of hydrogen-bond donors (Lipinski definition) is 3. The number of hydrogen-bond acceptors (Lipinski definition) is 6. The number of thiocarbonyl (C=S) groups is 1. The van der Waals surface area contributed by atoms with Crippen LogP contribution < -0.4 is 15.2 Å². The van der Waals surface area contributed by atoms with Gasteiger partial charge in [-0.1, -0.05) is 67.7 Å². The van der Waals surface area contributed by atoms with Crippen LogP contribution in [0.1, 0.15) is 31.4 Å². The summed E-state index contributed by atoms with van der Waals surface area (Å²) in [6, 6.07) is 20.3. The second-order valence-corrected chi connectivity index (χ2v) is 9.95. The fourth-order valence-electron chi connectivity index (χ4n) is 3.47. The number of nitrogens with one attached hydrogen (secondary N) is 2. The third-order valence-corrected chi connectivity index (χ3v) is 6.74. The Bertz CT molecular complexity index is 1370. The van der Waals surface area contributed by atoms with Crippen LogP contribution in [0, 0.1) is 5.41 Å². The van der Waals surface area contributed by atoms with E-state index in [4.69, 9.17) is 27.5 Å². The first kappa shape index (κ1) is 27.0. The lowest BCUT2D eigenvalue weighted by atomic mass is 10.1. The number of primary sulfonamides is 1. The van der Waals surface area contributed by atoms with Crippen molar-refractivity contribution in [2.24, 2.45) is 5.14 Å². The first-order chi connectivity index (χ1) is 17.1. The summed E-state index contributed by atoms with van der Waals surface area (Å²) in [5.41, 5.74) is 2.60. The van der Waals surface area contributed by atoms with Crippen molar-refractivity contribution in [2.75, 3.05) is 6.54 Å². The Morgan fingerprint density at radius 2 is 1.75 bits per heavy atom. The summed E-state index contributed by atoms with van der Waals surface area (Å²) >= 11 is 5.15. The molecule has 0 unspecified atom stereocenters. The zero-order chi connectivity index (χ0) is 26.3. The van der Waals surface area contributed by atoms with Gasteiger partial charge in [0.15, 0.2) is 0 Å². The van der Waals surface area contributed by atoms with E-state index in [9.17, 15) is 13.2 Å². The molecule has 0 saturated carbocycles. The van der Waals surface area contributed by atoms with Gasteiger partial charge in [0, 0.05) is 24.2 Å². The average Bonchev–Trinajstić information content (AvgIpc) is 2.87. The Balaban J connectivity index is 1.70. The van der Waals surface area contributed by atoms with Crippen molar-refractivity contribution in [1.82, 2.24) is 10.2 Å². The van der Waals surface area contributed by atoms with Crippen molar-refractivity contribution < 1.29 is 17.9 Å². The maximum Gasteiger partial charge on any atom is 0.415 e. The molecular formula is C26H28N4O4S2. The third kappa shape index (κ3) is 6.97. The Kier molecular flexibility index (Phi) is 8.92. The minimum atomic E-state index is -3.89. The average molecular weight is 525 g/mol. The Morgan fingerprint density at radius 3 is 2.39 bits per heavy atom. The van der Waals surface area contributed by atoms with Gasteiger partial charge in [0.05, 0.1) is 9.88 Å². The van der Waals surface area contributed by atoms with Crippen LogP contribution in [0.25, 0.3) is 11.1 Å². The van der Waals surface area contributed by atoms with Crippen molar-refractivity contribution in [1.29, 1.82) is 5.41 Å². The maximum atomic E-state index is 12.8. The van der Waals surface area contributed by atoms with E-state index in [1.54, 1.807) is 48.5 Å². The number of ether oxygens (including phenoxy) is 1. The second-order valence-electron chi connectivity index (χ2n) is 7.92. The smallest absolute Gasteiger partial charge is 0.410 e. The molecule has 36 heavy (non-hydrogen) atoms. The molecule has 0 radical (unpaired) electrons. The minimum Gasteiger partial charge on any atom is -0.410 e. The van der Waals surface area contributed by atoms with E-state index in [1.807, 2.05) is 32.0 Å². The molecule has 0 fully saturated rings. The quantitative estimate of drug-likeness (QED) is 0.223. The molecule has 0 spiro atoms. The van der Waals surface area contributed by atoms with Crippen LogP contribution >= 0.6 is 12.2 Å². The minimum absolute atomic E-state index is 0.0222. The molecule has 0 aliphatic carbocycles. The third-order valence-electron chi connectivity index (χ3n) is 5.38. The number of rotatable bonds is 8. The summed E-state index contributed by atoms with van der Waals surface area (Å²) in [7, 11) is -3.89. The lowest BCUT2D eigenvalue weighted by Gasteiger charge is -2.21. The summed E-state index contributed by atoms with van der Waals surface area (Å²) in [5.74, 6) is 0.529. The number of amidine groups is 1. The van der Waals surface area contributed by atoms with Gasteiger partial charge in [-0.15, -0.1) is 0 Å². The second kappa shape index (κ2) is 11.9. The number of nitrogens with two attached hydrogens (primary N) is 1. The zero-order valence-electron chi connectivity index (χ0n) is 20.0. The highest BCUT2D eigenvalue weighted by Crippen LogP contribution is 2.28. The van der Waals surface area contributed by atoms with Gasteiger partial charge in [0.25, 0.3) is 0 Å². The fourth-order valence-corrected chi connectivity index (χ4v) is 4.33. The number of carbonyl (C=O) groups excluding carboxylic acids is 1. The molecule has 3 aromatic carbocycles. The van der Waals surface area contributed by atoms with Gasteiger partial charge in [-0.2, -0.15) is 0 Å². The molecule has 1 amide bonds. The molecular weight excluding hydrogens is 496 g/mol. The monoisotopic (exact) mass is 524 g/mol. The molecule has 10 heteroatoms. The van der Waals surface area contributed by atoms with Gasteiger partial charge in [-0.3, -0.25) is 5.41 Å². The summed E-state index contributed by atoms with van der Waals surface area (Å²) in [4.78, 5) is 15.0. The van der Waals surface area contributed by atoms with E-state index in [0.717, 1.165) is 5.56 Å². The van der Waals surface area contributed by atoms with E-state index in [0.29, 0.717) is 46.9 Å². The summed E-state index contributed by atoms with van der Waals surface area (Å²) in [6.45, 7) is 4.48. The lowest BCUT2D eigenvalue weighted by molar-refractivity contribution is 0.152. The molecule has 8 nitrogen and oxygen atoms in total. The lowest BCUT2D eigenvalue weighted by Crippen LogP contribution is -2.33. The molecule has 0 aromatic heterocycles. The van der Waals surface area contributed by atoms with E-state index >= 15 is 0 Å². The normalized spacial score (nSPS) is 11.0. The highest BCUT2D eigenvalue weighted by Gasteiger charge is 2.17. The number of carbonyl (C=O) groups is 1. The standard InChI is InChI=1S/C26H28N4O4S2/c1-3-24(35)29-25(27)20-9-7-8-18(16-20)17-30(4-2)26(31)34-21-14-12-19(13-15-21)22-10-5-6-11-23(22)36(28,32)33/h5-16H,3-4,17H2,1-2H3,(H2,27,29,35)(H2,28,32,33). The van der Waals surface area contributed by atoms with Crippen LogP contribution in [0.15, 0.2) is 77.7 Å². The molecule has 188 valence electrons. The van der Waals surface area contributed by atoms with Crippen molar-refractivity contribution in [2.45, 2.75) is 31.7 Å². The van der Waals surface area contributed by atoms with Crippen LogP contribution in [-0.4, -0.2) is 36.8 Å². The highest BCUT2D eigenvalue weighted by molar-refractivity contribution is 7.89. The molecule has 0 bridgehead atoms. The van der Waals surface area contributed by atoms with Crippen LogP contribution in [0.5, 0.6) is 5.75 Å². The Hall–Kier alpha value is -3.60. The van der Waals surface area contributed by atoms with E-state index in [-0.39, 0.29) is 10.7 Å². The van der Waals surface area contributed by atoms with E-state index < -0.39 is 16.1 Å². The molecule has 3 aromatic rings. The molecule has 0 aliphatic rings. The summed E-state index contributed by atoms with van der Waals surface area (Å²) in [6.07, 6.45) is 0.118. The zero-order valence-corrected chi connectivity index (χ0v) is 21.7. The summed E-state index contributed by atoms with van der Waals surface area (Å²) < 4.78 is 29.3. The van der Waals surface area contributed by atoms with E-state index in [2.05, 4.69) is 5.32 Å². The predicted octanol–water partition coefficient (Wildman–Crippen LogP) is 4.67. The van der Waals surface area contributed by atoms with Crippen molar-refractivity contribution in [3.63, 3.8) is 0 Å². The molecule has 3 rings (SSSR count). The van der Waals surface area contributed by atoms with Crippen LogP contribution in [0.4, 0.5) is 4.79 Å². The first-order valence-electron chi connectivity index (χ1n) is 11.3. The van der Waals surface area contributed by atoms with E-state index in [1.165, 1.54) is 11.0 Å². The van der Waals surface area contributed by atoms with Gasteiger partial charge in [-0.25, -0.2) is 18.4 Å².